The van der Waals surface area contributed by atoms with Crippen molar-refractivity contribution in [3.63, 3.8) is 0 Å². The summed E-state index contributed by atoms with van der Waals surface area (Å²) in [6.45, 7) is 1.93. The molecule has 6 rings (SSSR count). The second-order valence-electron chi connectivity index (χ2n) is 10.0. The average Bonchev–Trinajstić information content (AvgIpc) is 3.71. The second kappa shape index (κ2) is 10.9. The number of carbonyl (C=O) groups is 3. The maximum atomic E-state index is 13.7. The van der Waals surface area contributed by atoms with Crippen LogP contribution in [0.4, 0.5) is 35.3 Å². The van der Waals surface area contributed by atoms with Gasteiger partial charge in [-0.05, 0) is 49.2 Å². The van der Waals surface area contributed by atoms with Gasteiger partial charge in [0.15, 0.2) is 5.72 Å². The first-order valence-corrected chi connectivity index (χ1v) is 13.1. The molecular formula is C29H26F3N5O6. The second-order valence-corrected chi connectivity index (χ2v) is 10.0. The summed E-state index contributed by atoms with van der Waals surface area (Å²) < 4.78 is 31.7. The molecule has 0 saturated carbocycles. The molecule has 0 aliphatic carbocycles. The summed E-state index contributed by atoms with van der Waals surface area (Å²) in [5.41, 5.74) is 2.33. The van der Waals surface area contributed by atoms with Crippen LogP contribution in [0, 0.1) is 0 Å². The Morgan fingerprint density at radius 1 is 0.977 bits per heavy atom. The van der Waals surface area contributed by atoms with Crippen molar-refractivity contribution in [2.45, 2.75) is 24.7 Å². The van der Waals surface area contributed by atoms with Gasteiger partial charge in [-0.3, -0.25) is 14.6 Å². The molecule has 0 spiro atoms. The van der Waals surface area contributed by atoms with Gasteiger partial charge in [-0.2, -0.15) is 13.2 Å². The number of rotatable bonds is 4. The predicted octanol–water partition coefficient (Wildman–Crippen LogP) is 4.76. The Bertz CT molecular complexity index is 1720. The molecule has 2 aliphatic heterocycles. The summed E-state index contributed by atoms with van der Waals surface area (Å²) in [5.74, 6) is -2.88. The van der Waals surface area contributed by atoms with E-state index in [4.69, 9.17) is 9.90 Å². The van der Waals surface area contributed by atoms with Gasteiger partial charge in [0.25, 0.3) is 5.91 Å². The number of imidazole rings is 1. The van der Waals surface area contributed by atoms with Crippen molar-refractivity contribution in [1.82, 2.24) is 9.97 Å². The number of carbonyl (C=O) groups excluding carboxylic acids is 1. The van der Waals surface area contributed by atoms with Crippen molar-refractivity contribution < 1.29 is 42.9 Å². The van der Waals surface area contributed by atoms with Crippen LogP contribution in [0.3, 0.4) is 0 Å². The van der Waals surface area contributed by atoms with Gasteiger partial charge < -0.3 is 25.2 Å². The maximum Gasteiger partial charge on any atom is 0.490 e. The minimum Gasteiger partial charge on any atom is -0.475 e. The number of carboxylic acids is 1. The molecule has 2 amide bonds. The number of hydrogen-bond donors (Lipinski definition) is 4. The zero-order valence-electron chi connectivity index (χ0n) is 22.7. The van der Waals surface area contributed by atoms with Crippen molar-refractivity contribution in [1.29, 1.82) is 0 Å². The highest BCUT2D eigenvalue weighted by Gasteiger charge is 2.51. The highest BCUT2D eigenvalue weighted by atomic mass is 19.4. The Morgan fingerprint density at radius 2 is 1.63 bits per heavy atom. The molecule has 4 aromatic rings. The molecule has 14 heteroatoms. The highest BCUT2D eigenvalue weighted by molar-refractivity contribution is 6.12. The molecule has 43 heavy (non-hydrogen) atoms. The fraction of sp³-hybridized carbons (Fsp3) is 0.241. The maximum absolute atomic E-state index is 13.7. The van der Waals surface area contributed by atoms with Gasteiger partial charge >= 0.3 is 18.2 Å². The molecule has 0 bridgehead atoms. The number of nitrogens with zero attached hydrogens (tertiary/aromatic N) is 4. The molecule has 1 unspecified atom stereocenters. The molecule has 11 nitrogen and oxygen atoms in total. The van der Waals surface area contributed by atoms with Gasteiger partial charge in [0.2, 0.25) is 5.95 Å². The van der Waals surface area contributed by atoms with Crippen LogP contribution in [0.15, 0.2) is 66.7 Å². The molecule has 3 aromatic carbocycles. The minimum absolute atomic E-state index is 0.166. The molecule has 1 atom stereocenters. The summed E-state index contributed by atoms with van der Waals surface area (Å²) in [5, 5.41) is 28.8. The van der Waals surface area contributed by atoms with Gasteiger partial charge in [-0.1, -0.05) is 30.3 Å². The van der Waals surface area contributed by atoms with Crippen molar-refractivity contribution in [2.75, 3.05) is 34.8 Å². The van der Waals surface area contributed by atoms with Gasteiger partial charge in [0.1, 0.15) is 0 Å². The average molecular weight is 598 g/mol. The van der Waals surface area contributed by atoms with E-state index in [0.717, 1.165) is 36.5 Å². The van der Waals surface area contributed by atoms with E-state index in [0.29, 0.717) is 33.4 Å². The topological polar surface area (TPSA) is 150 Å². The molecular weight excluding hydrogens is 571 g/mol. The monoisotopic (exact) mass is 597 g/mol. The number of carboxylic acid groups (broad SMARTS) is 2. The number of fused-ring (bicyclic) bond motifs is 2. The fourth-order valence-corrected chi connectivity index (χ4v) is 5.22. The fourth-order valence-electron chi connectivity index (χ4n) is 5.22. The van der Waals surface area contributed by atoms with Crippen LogP contribution in [0.25, 0.3) is 11.0 Å². The van der Waals surface area contributed by atoms with Crippen LogP contribution < -0.4 is 14.7 Å². The SMILES string of the molecule is CN(C(=O)O)c1nc2ccc(C3(O)c4ccccc4C(=O)N3c3cccc(N4CCCC4)c3)cc2[nH]1.O=C(O)C(F)(F)F. The predicted molar refractivity (Wildman–Crippen MR) is 150 cm³/mol. The first-order valence-electron chi connectivity index (χ1n) is 13.1. The largest absolute Gasteiger partial charge is 0.490 e. The summed E-state index contributed by atoms with van der Waals surface area (Å²) >= 11 is 0. The summed E-state index contributed by atoms with van der Waals surface area (Å²) in [7, 11) is 1.40. The summed E-state index contributed by atoms with van der Waals surface area (Å²) in [6.07, 6.45) is -3.97. The van der Waals surface area contributed by atoms with E-state index >= 15 is 0 Å². The minimum atomic E-state index is -5.08. The highest BCUT2D eigenvalue weighted by Crippen LogP contribution is 2.46. The number of halogens is 3. The van der Waals surface area contributed by atoms with Gasteiger partial charge in [-0.25, -0.2) is 14.6 Å². The molecule has 1 saturated heterocycles. The lowest BCUT2D eigenvalue weighted by Crippen LogP contribution is -2.45. The molecule has 224 valence electrons. The van der Waals surface area contributed by atoms with Gasteiger partial charge in [0, 0.05) is 48.2 Å². The van der Waals surface area contributed by atoms with E-state index in [1.807, 2.05) is 24.3 Å². The number of H-pyrrole nitrogens is 1. The van der Waals surface area contributed by atoms with E-state index in [1.165, 1.54) is 11.9 Å². The number of nitrogens with one attached hydrogen (secondary N) is 1. The van der Waals surface area contributed by atoms with Crippen LogP contribution in [0.5, 0.6) is 0 Å². The Labute approximate surface area is 242 Å². The Balaban J connectivity index is 0.000000472. The number of aliphatic carboxylic acids is 1. The number of alkyl halides is 3. The Kier molecular flexibility index (Phi) is 7.48. The molecule has 0 radical (unpaired) electrons. The van der Waals surface area contributed by atoms with Crippen molar-refractivity contribution in [3.8, 4) is 0 Å². The van der Waals surface area contributed by atoms with Crippen LogP contribution in [-0.4, -0.2) is 69.6 Å². The van der Waals surface area contributed by atoms with Gasteiger partial charge in [-0.15, -0.1) is 0 Å². The third-order valence-electron chi connectivity index (χ3n) is 7.34. The van der Waals surface area contributed by atoms with E-state index in [-0.39, 0.29) is 11.9 Å². The van der Waals surface area contributed by atoms with Crippen molar-refractivity contribution in [2.24, 2.45) is 0 Å². The van der Waals surface area contributed by atoms with Crippen molar-refractivity contribution in [3.05, 3.63) is 83.4 Å². The standard InChI is InChI=1S/C27H25N5O4.C2HF3O2/c1-30(26(34)35)25-28-22-12-11-17(15-23(22)29-25)27(36)21-10-3-2-9-20(21)24(33)32(27)19-8-6-7-18(16-19)31-13-4-5-14-31;3-2(4,5)1(6)7/h2-3,6-12,15-16,36H,4-5,13-14H2,1H3,(H,28,29)(H,34,35);(H,6,7). The molecule has 2 aliphatic rings. The van der Waals surface area contributed by atoms with E-state index in [2.05, 4.69) is 14.9 Å². The lowest BCUT2D eigenvalue weighted by Gasteiger charge is -2.35. The first kappa shape index (κ1) is 29.4. The summed E-state index contributed by atoms with van der Waals surface area (Å²) in [4.78, 5) is 46.0. The number of aliphatic hydroxyl groups is 1. The van der Waals surface area contributed by atoms with Crippen LogP contribution in [0.1, 0.15) is 34.3 Å². The normalized spacial score (nSPS) is 17.9. The lowest BCUT2D eigenvalue weighted by atomic mass is 9.93. The Morgan fingerprint density at radius 3 is 2.28 bits per heavy atom. The zero-order chi connectivity index (χ0) is 31.1. The van der Waals surface area contributed by atoms with Crippen LogP contribution in [0.2, 0.25) is 0 Å². The number of benzene rings is 3. The summed E-state index contributed by atoms with van der Waals surface area (Å²) in [6, 6.07) is 19.9. The zero-order valence-corrected chi connectivity index (χ0v) is 22.7. The van der Waals surface area contributed by atoms with E-state index < -0.39 is 24.0 Å². The Hall–Kier alpha value is -5.11. The third kappa shape index (κ3) is 5.32. The number of hydrogen-bond acceptors (Lipinski definition) is 6. The van der Waals surface area contributed by atoms with Gasteiger partial charge in [0.05, 0.1) is 11.0 Å². The molecule has 1 aromatic heterocycles. The van der Waals surface area contributed by atoms with Crippen LogP contribution >= 0.6 is 0 Å². The van der Waals surface area contributed by atoms with E-state index in [1.54, 1.807) is 42.5 Å². The molecule has 1 fully saturated rings. The lowest BCUT2D eigenvalue weighted by molar-refractivity contribution is -0.192. The quantitative estimate of drug-likeness (QED) is 0.263. The molecule has 3 heterocycles. The third-order valence-corrected chi connectivity index (χ3v) is 7.34. The number of aromatic amines is 1. The number of aromatic nitrogens is 2. The smallest absolute Gasteiger partial charge is 0.475 e. The first-order chi connectivity index (χ1) is 20.3. The number of amides is 2. The number of anilines is 3. The van der Waals surface area contributed by atoms with Crippen LogP contribution in [-0.2, 0) is 10.5 Å². The van der Waals surface area contributed by atoms with E-state index in [9.17, 15) is 33.0 Å². The van der Waals surface area contributed by atoms with Crippen molar-refractivity contribution >= 4 is 46.3 Å². The molecule has 4 N–H and O–H groups in total.